The average molecular weight is 549 g/mol. The number of hydrogen-bond acceptors (Lipinski definition) is 4. The minimum absolute atomic E-state index is 0.0161. The maximum absolute atomic E-state index is 14.3. The minimum Gasteiger partial charge on any atom is -0.366 e. The zero-order valence-electron chi connectivity index (χ0n) is 21.1. The molecule has 39 heavy (non-hydrogen) atoms. The summed E-state index contributed by atoms with van der Waals surface area (Å²) in [4.78, 5) is 27.3. The van der Waals surface area contributed by atoms with Gasteiger partial charge in [-0.15, -0.1) is 0 Å². The van der Waals surface area contributed by atoms with Crippen molar-refractivity contribution in [1.29, 1.82) is 0 Å². The molecule has 2 aromatic heterocycles. The fraction of sp³-hybridized carbons (Fsp3) is 0.207. The van der Waals surface area contributed by atoms with Crippen molar-refractivity contribution in [3.8, 4) is 11.1 Å². The lowest BCUT2D eigenvalue weighted by molar-refractivity contribution is 0.0400. The molecule has 0 aliphatic carbocycles. The standard InChI is InChI=1S/C29H23ClF2N4O3/c1-14-26(15(2)39-34-14)18-9-21(28(33)37)27-20-8-17(29(38)35-12-19(31)13-35)4-6-24(20)36(25(27)10-18)11-16-3-5-22(30)23(32)7-16/h3-10,19H,11-13H2,1-2H3,(H2,33,37). The number of alkyl halides is 1. The van der Waals surface area contributed by atoms with Crippen LogP contribution in [-0.2, 0) is 6.54 Å². The molecule has 0 unspecified atom stereocenters. The van der Waals surface area contributed by atoms with Crippen LogP contribution in [-0.4, -0.2) is 45.7 Å². The Hall–Kier alpha value is -4.24. The summed E-state index contributed by atoms with van der Waals surface area (Å²) < 4.78 is 35.1. The van der Waals surface area contributed by atoms with Crippen LogP contribution in [0.4, 0.5) is 8.78 Å². The smallest absolute Gasteiger partial charge is 0.254 e. The number of nitrogens with two attached hydrogens (primary N) is 1. The Kier molecular flexibility index (Phi) is 5.91. The van der Waals surface area contributed by atoms with Crippen LogP contribution >= 0.6 is 11.6 Å². The zero-order chi connectivity index (χ0) is 27.6. The number of hydrogen-bond donors (Lipinski definition) is 1. The molecule has 1 saturated heterocycles. The van der Waals surface area contributed by atoms with Crippen LogP contribution in [0.5, 0.6) is 0 Å². The van der Waals surface area contributed by atoms with Gasteiger partial charge in [-0.25, -0.2) is 8.78 Å². The van der Waals surface area contributed by atoms with Gasteiger partial charge in [-0.1, -0.05) is 22.8 Å². The van der Waals surface area contributed by atoms with E-state index in [9.17, 15) is 18.4 Å². The van der Waals surface area contributed by atoms with E-state index >= 15 is 0 Å². The molecule has 5 aromatic rings. The van der Waals surface area contributed by atoms with Crippen molar-refractivity contribution in [1.82, 2.24) is 14.6 Å². The zero-order valence-corrected chi connectivity index (χ0v) is 21.9. The maximum Gasteiger partial charge on any atom is 0.254 e. The number of rotatable bonds is 5. The molecule has 1 aliphatic heterocycles. The number of carbonyl (C=O) groups excluding carboxylic acids is 2. The van der Waals surface area contributed by atoms with E-state index in [1.54, 1.807) is 37.3 Å². The summed E-state index contributed by atoms with van der Waals surface area (Å²) >= 11 is 5.91. The molecule has 6 rings (SSSR count). The monoisotopic (exact) mass is 548 g/mol. The molecule has 7 nitrogen and oxygen atoms in total. The minimum atomic E-state index is -1.02. The molecule has 2 N–H and O–H groups in total. The first-order valence-electron chi connectivity index (χ1n) is 12.3. The van der Waals surface area contributed by atoms with Crippen LogP contribution in [0, 0.1) is 19.7 Å². The highest BCUT2D eigenvalue weighted by atomic mass is 35.5. The van der Waals surface area contributed by atoms with E-state index < -0.39 is 17.9 Å². The maximum atomic E-state index is 14.3. The lowest BCUT2D eigenvalue weighted by Gasteiger charge is -2.34. The molecule has 3 heterocycles. The molecule has 10 heteroatoms. The van der Waals surface area contributed by atoms with Crippen LogP contribution in [0.2, 0.25) is 5.02 Å². The highest BCUT2D eigenvalue weighted by Gasteiger charge is 2.31. The van der Waals surface area contributed by atoms with Crippen molar-refractivity contribution in [2.75, 3.05) is 13.1 Å². The molecular formula is C29H23ClF2N4O3. The summed E-state index contributed by atoms with van der Waals surface area (Å²) in [6.45, 7) is 3.94. The van der Waals surface area contributed by atoms with Crippen LogP contribution in [0.3, 0.4) is 0 Å². The van der Waals surface area contributed by atoms with Crippen LogP contribution in [0.1, 0.15) is 37.7 Å². The quantitative estimate of drug-likeness (QED) is 0.300. The number of likely N-dealkylation sites (tertiary alicyclic amines) is 1. The van der Waals surface area contributed by atoms with Gasteiger partial charge in [0.05, 0.1) is 29.3 Å². The van der Waals surface area contributed by atoms with Gasteiger partial charge in [0.2, 0.25) is 5.91 Å². The molecule has 1 fully saturated rings. The predicted molar refractivity (Wildman–Crippen MR) is 144 cm³/mol. The molecule has 0 atom stereocenters. The van der Waals surface area contributed by atoms with E-state index in [1.165, 1.54) is 17.0 Å². The van der Waals surface area contributed by atoms with Crippen LogP contribution in [0.15, 0.2) is 53.1 Å². The fourth-order valence-electron chi connectivity index (χ4n) is 5.36. The topological polar surface area (TPSA) is 94.4 Å². The number of carbonyl (C=O) groups is 2. The van der Waals surface area contributed by atoms with Crippen molar-refractivity contribution in [2.24, 2.45) is 5.73 Å². The van der Waals surface area contributed by atoms with Gasteiger partial charge in [0.15, 0.2) is 0 Å². The third-order valence-electron chi connectivity index (χ3n) is 7.25. The Morgan fingerprint density at radius 1 is 1.10 bits per heavy atom. The van der Waals surface area contributed by atoms with Gasteiger partial charge in [-0.3, -0.25) is 9.59 Å². The van der Waals surface area contributed by atoms with E-state index in [2.05, 4.69) is 5.16 Å². The van der Waals surface area contributed by atoms with Crippen molar-refractivity contribution in [3.63, 3.8) is 0 Å². The number of fused-ring (bicyclic) bond motifs is 3. The molecule has 0 radical (unpaired) electrons. The van der Waals surface area contributed by atoms with Gasteiger partial charge in [0.1, 0.15) is 17.7 Å². The van der Waals surface area contributed by atoms with Gasteiger partial charge >= 0.3 is 0 Å². The van der Waals surface area contributed by atoms with E-state index in [0.717, 1.165) is 5.56 Å². The number of aryl methyl sites for hydroxylation is 2. The molecule has 3 aromatic carbocycles. The summed E-state index contributed by atoms with van der Waals surface area (Å²) in [5, 5.41) is 5.25. The molecular weight excluding hydrogens is 526 g/mol. The lowest BCUT2D eigenvalue weighted by Crippen LogP contribution is -2.51. The fourth-order valence-corrected chi connectivity index (χ4v) is 5.47. The number of halogens is 3. The normalized spacial score (nSPS) is 13.8. The molecule has 198 valence electrons. The van der Waals surface area contributed by atoms with Gasteiger partial charge in [0, 0.05) is 39.5 Å². The molecule has 1 aliphatic rings. The Morgan fingerprint density at radius 2 is 1.87 bits per heavy atom. The second-order valence-electron chi connectivity index (χ2n) is 9.86. The van der Waals surface area contributed by atoms with Gasteiger partial charge < -0.3 is 19.7 Å². The Bertz CT molecular complexity index is 1800. The first-order valence-corrected chi connectivity index (χ1v) is 12.7. The van der Waals surface area contributed by atoms with Crippen molar-refractivity contribution in [3.05, 3.63) is 87.5 Å². The molecule has 2 amide bonds. The Labute approximate surface area is 226 Å². The third-order valence-corrected chi connectivity index (χ3v) is 7.55. The van der Waals surface area contributed by atoms with E-state index in [1.807, 2.05) is 17.6 Å². The number of aromatic nitrogens is 2. The van der Waals surface area contributed by atoms with Gasteiger partial charge in [-0.05, 0) is 67.4 Å². The number of nitrogens with zero attached hydrogens (tertiary/aromatic N) is 3. The van der Waals surface area contributed by atoms with Crippen LogP contribution in [0.25, 0.3) is 32.9 Å². The molecule has 0 spiro atoms. The average Bonchev–Trinajstić information content (AvgIpc) is 3.38. The Morgan fingerprint density at radius 3 is 2.51 bits per heavy atom. The summed E-state index contributed by atoms with van der Waals surface area (Å²) in [7, 11) is 0. The molecule has 0 saturated carbocycles. The second-order valence-corrected chi connectivity index (χ2v) is 10.3. The Balaban J connectivity index is 1.63. The number of amides is 2. The largest absolute Gasteiger partial charge is 0.366 e. The lowest BCUT2D eigenvalue weighted by atomic mass is 9.97. The van der Waals surface area contributed by atoms with Gasteiger partial charge in [0.25, 0.3) is 5.91 Å². The summed E-state index contributed by atoms with van der Waals surface area (Å²) in [5.41, 5.74) is 10.6. The predicted octanol–water partition coefficient (Wildman–Crippen LogP) is 5.80. The highest BCUT2D eigenvalue weighted by Crippen LogP contribution is 2.38. The summed E-state index contributed by atoms with van der Waals surface area (Å²) in [6, 6.07) is 13.3. The third kappa shape index (κ3) is 4.13. The SMILES string of the molecule is Cc1noc(C)c1-c1cc(C(N)=O)c2c3cc(C(=O)N4CC(F)C4)ccc3n(Cc3ccc(Cl)c(F)c3)c2c1. The highest BCUT2D eigenvalue weighted by molar-refractivity contribution is 6.30. The van der Waals surface area contributed by atoms with Crippen LogP contribution < -0.4 is 5.73 Å². The number of primary amides is 1. The number of benzene rings is 3. The van der Waals surface area contributed by atoms with E-state index in [4.69, 9.17) is 21.9 Å². The van der Waals surface area contributed by atoms with E-state index in [0.29, 0.717) is 50.0 Å². The summed E-state index contributed by atoms with van der Waals surface area (Å²) in [5.74, 6) is -0.902. The van der Waals surface area contributed by atoms with Gasteiger partial charge in [-0.2, -0.15) is 0 Å². The van der Waals surface area contributed by atoms with Crippen molar-refractivity contribution in [2.45, 2.75) is 26.6 Å². The molecule has 0 bridgehead atoms. The van der Waals surface area contributed by atoms with Crippen molar-refractivity contribution < 1.29 is 22.9 Å². The van der Waals surface area contributed by atoms with Crippen molar-refractivity contribution >= 4 is 45.2 Å². The first-order chi connectivity index (χ1) is 18.6. The summed E-state index contributed by atoms with van der Waals surface area (Å²) in [6.07, 6.45) is -1.02. The first kappa shape index (κ1) is 25.1. The van der Waals surface area contributed by atoms with E-state index in [-0.39, 0.29) is 36.1 Å². The second kappa shape index (κ2) is 9.20.